The largest absolute Gasteiger partial charge is 0.493 e. The number of nitriles is 1. The lowest BCUT2D eigenvalue weighted by atomic mass is 10.0. The zero-order valence-electron chi connectivity index (χ0n) is 10.2. The predicted molar refractivity (Wildman–Crippen MR) is 67.1 cm³/mol. The Morgan fingerprint density at radius 3 is 2.63 bits per heavy atom. The molecule has 0 saturated heterocycles. The molecule has 0 aromatic heterocycles. The Bertz CT molecular complexity index is 477. The van der Waals surface area contributed by atoms with Crippen LogP contribution in [0.5, 0.6) is 5.75 Å². The highest BCUT2D eigenvalue weighted by molar-refractivity contribution is 5.29. The van der Waals surface area contributed by atoms with Gasteiger partial charge in [-0.05, 0) is 23.2 Å². The molecule has 0 bridgehead atoms. The first-order valence-corrected chi connectivity index (χ1v) is 5.65. The highest BCUT2D eigenvalue weighted by atomic mass is 16.5. The monoisotopic (exact) mass is 262 g/mol. The van der Waals surface area contributed by atoms with Crippen LogP contribution < -0.4 is 4.74 Å². The summed E-state index contributed by atoms with van der Waals surface area (Å²) in [6, 6.07) is 8.44. The SMILES string of the molecule is N#CCCOc1ccc(C(O)C(O)CN=[N+]=[N-])cc1. The summed E-state index contributed by atoms with van der Waals surface area (Å²) in [5, 5.41) is 30.9. The lowest BCUT2D eigenvalue weighted by Gasteiger charge is -2.16. The number of hydrogen-bond acceptors (Lipinski definition) is 5. The van der Waals surface area contributed by atoms with Crippen LogP contribution in [-0.4, -0.2) is 29.5 Å². The van der Waals surface area contributed by atoms with Crippen molar-refractivity contribution >= 4 is 0 Å². The van der Waals surface area contributed by atoms with E-state index in [-0.39, 0.29) is 6.54 Å². The van der Waals surface area contributed by atoms with Crippen molar-refractivity contribution in [3.05, 3.63) is 40.3 Å². The zero-order chi connectivity index (χ0) is 14.1. The number of benzene rings is 1. The number of hydrogen-bond donors (Lipinski definition) is 2. The summed E-state index contributed by atoms with van der Waals surface area (Å²) in [7, 11) is 0. The quantitative estimate of drug-likeness (QED) is 0.336. The molecule has 0 aliphatic heterocycles. The molecule has 1 aromatic rings. The van der Waals surface area contributed by atoms with Gasteiger partial charge in [0.1, 0.15) is 18.5 Å². The van der Waals surface area contributed by atoms with Gasteiger partial charge in [-0.1, -0.05) is 17.2 Å². The highest BCUT2D eigenvalue weighted by Crippen LogP contribution is 2.20. The van der Waals surface area contributed by atoms with E-state index in [1.165, 1.54) is 0 Å². The van der Waals surface area contributed by atoms with Gasteiger partial charge in [0.25, 0.3) is 0 Å². The van der Waals surface area contributed by atoms with E-state index in [2.05, 4.69) is 10.0 Å². The Hall–Kier alpha value is -2.26. The predicted octanol–water partition coefficient (Wildman–Crippen LogP) is 1.68. The smallest absolute Gasteiger partial charge is 0.119 e. The molecule has 7 heteroatoms. The minimum absolute atomic E-state index is 0.196. The average molecular weight is 262 g/mol. The molecule has 1 aromatic carbocycles. The molecule has 0 amide bonds. The number of azide groups is 1. The van der Waals surface area contributed by atoms with Gasteiger partial charge in [-0.15, -0.1) is 0 Å². The molecule has 19 heavy (non-hydrogen) atoms. The molecule has 2 atom stereocenters. The Morgan fingerprint density at radius 2 is 2.05 bits per heavy atom. The summed E-state index contributed by atoms with van der Waals surface area (Å²) >= 11 is 0. The van der Waals surface area contributed by atoms with Gasteiger partial charge in [0, 0.05) is 4.91 Å². The summed E-state index contributed by atoms with van der Waals surface area (Å²) in [5.41, 5.74) is 8.63. The van der Waals surface area contributed by atoms with Gasteiger partial charge in [0.05, 0.1) is 25.1 Å². The van der Waals surface area contributed by atoms with Gasteiger partial charge in [-0.2, -0.15) is 5.26 Å². The first-order chi connectivity index (χ1) is 9.19. The highest BCUT2D eigenvalue weighted by Gasteiger charge is 2.17. The van der Waals surface area contributed by atoms with Crippen LogP contribution in [-0.2, 0) is 0 Å². The van der Waals surface area contributed by atoms with E-state index in [4.69, 9.17) is 15.5 Å². The van der Waals surface area contributed by atoms with Crippen LogP contribution in [0.15, 0.2) is 29.4 Å². The third-order valence-electron chi connectivity index (χ3n) is 2.40. The van der Waals surface area contributed by atoms with Crippen molar-refractivity contribution in [3.8, 4) is 11.8 Å². The molecule has 0 aliphatic rings. The first kappa shape index (κ1) is 14.8. The van der Waals surface area contributed by atoms with E-state index < -0.39 is 12.2 Å². The van der Waals surface area contributed by atoms with Crippen molar-refractivity contribution in [2.24, 2.45) is 5.11 Å². The van der Waals surface area contributed by atoms with E-state index in [1.54, 1.807) is 24.3 Å². The van der Waals surface area contributed by atoms with Gasteiger partial charge in [-0.3, -0.25) is 0 Å². The van der Waals surface area contributed by atoms with Gasteiger partial charge < -0.3 is 14.9 Å². The number of ether oxygens (including phenoxy) is 1. The molecule has 0 heterocycles. The van der Waals surface area contributed by atoms with Gasteiger partial charge in [-0.25, -0.2) is 0 Å². The van der Waals surface area contributed by atoms with Gasteiger partial charge >= 0.3 is 0 Å². The standard InChI is InChI=1S/C12H14N4O3/c13-6-1-7-19-10-4-2-9(3-5-10)12(18)11(17)8-15-16-14/h2-5,11-12,17-18H,1,7-8H2. The maximum Gasteiger partial charge on any atom is 0.119 e. The Balaban J connectivity index is 2.59. The van der Waals surface area contributed by atoms with E-state index >= 15 is 0 Å². The maximum absolute atomic E-state index is 9.80. The Morgan fingerprint density at radius 1 is 1.37 bits per heavy atom. The van der Waals surface area contributed by atoms with E-state index in [0.717, 1.165) is 0 Å². The van der Waals surface area contributed by atoms with Crippen molar-refractivity contribution in [3.63, 3.8) is 0 Å². The fourth-order valence-electron chi connectivity index (χ4n) is 1.42. The second kappa shape index (κ2) is 7.95. The first-order valence-electron chi connectivity index (χ1n) is 5.65. The van der Waals surface area contributed by atoms with Crippen molar-refractivity contribution in [2.45, 2.75) is 18.6 Å². The fraction of sp³-hybridized carbons (Fsp3) is 0.417. The van der Waals surface area contributed by atoms with E-state index in [9.17, 15) is 10.2 Å². The van der Waals surface area contributed by atoms with Crippen molar-refractivity contribution in [1.82, 2.24) is 0 Å². The molecule has 0 spiro atoms. The molecule has 2 N–H and O–H groups in total. The minimum atomic E-state index is -1.15. The number of rotatable bonds is 7. The van der Waals surface area contributed by atoms with Crippen LogP contribution in [0.25, 0.3) is 10.4 Å². The number of aliphatic hydroxyl groups is 2. The topological polar surface area (TPSA) is 122 Å². The number of aliphatic hydroxyl groups excluding tert-OH is 2. The number of nitrogens with zero attached hydrogens (tertiary/aromatic N) is 4. The van der Waals surface area contributed by atoms with Gasteiger partial charge in [0.15, 0.2) is 0 Å². The summed E-state index contributed by atoms with van der Waals surface area (Å²) in [6.07, 6.45) is -1.98. The van der Waals surface area contributed by atoms with Gasteiger partial charge in [0.2, 0.25) is 0 Å². The molecular weight excluding hydrogens is 248 g/mol. The molecule has 0 saturated carbocycles. The molecule has 100 valence electrons. The van der Waals surface area contributed by atoms with Crippen LogP contribution in [0.1, 0.15) is 18.1 Å². The molecule has 0 fully saturated rings. The average Bonchev–Trinajstić information content (AvgIpc) is 2.45. The van der Waals surface area contributed by atoms with Crippen LogP contribution >= 0.6 is 0 Å². The molecule has 1 rings (SSSR count). The Kier molecular flexibility index (Phi) is 6.19. The maximum atomic E-state index is 9.80. The lowest BCUT2D eigenvalue weighted by molar-refractivity contribution is 0.0244. The summed E-state index contributed by atoms with van der Waals surface area (Å²) < 4.78 is 5.27. The summed E-state index contributed by atoms with van der Waals surface area (Å²) in [4.78, 5) is 2.52. The van der Waals surface area contributed by atoms with E-state index in [0.29, 0.717) is 24.3 Å². The van der Waals surface area contributed by atoms with Crippen LogP contribution in [0.2, 0.25) is 0 Å². The second-order valence-electron chi connectivity index (χ2n) is 3.75. The van der Waals surface area contributed by atoms with Crippen molar-refractivity contribution in [2.75, 3.05) is 13.2 Å². The van der Waals surface area contributed by atoms with Crippen molar-refractivity contribution in [1.29, 1.82) is 5.26 Å². The third kappa shape index (κ3) is 4.85. The molecular formula is C12H14N4O3. The Labute approximate surface area is 110 Å². The fourth-order valence-corrected chi connectivity index (χ4v) is 1.42. The molecule has 0 aliphatic carbocycles. The lowest BCUT2D eigenvalue weighted by Crippen LogP contribution is -2.21. The van der Waals surface area contributed by atoms with E-state index in [1.807, 2.05) is 6.07 Å². The second-order valence-corrected chi connectivity index (χ2v) is 3.75. The molecule has 2 unspecified atom stereocenters. The molecule has 7 nitrogen and oxygen atoms in total. The summed E-state index contributed by atoms with van der Waals surface area (Å²) in [5.74, 6) is 0.579. The van der Waals surface area contributed by atoms with Crippen LogP contribution in [0.3, 0.4) is 0 Å². The van der Waals surface area contributed by atoms with Crippen molar-refractivity contribution < 1.29 is 14.9 Å². The summed E-state index contributed by atoms with van der Waals surface area (Å²) in [6.45, 7) is 0.107. The van der Waals surface area contributed by atoms with Crippen LogP contribution in [0.4, 0.5) is 0 Å². The normalized spacial score (nSPS) is 12.9. The third-order valence-corrected chi connectivity index (χ3v) is 2.40. The van der Waals surface area contributed by atoms with Crippen LogP contribution in [0, 0.1) is 11.3 Å². The minimum Gasteiger partial charge on any atom is -0.493 e. The zero-order valence-corrected chi connectivity index (χ0v) is 10.2. The molecule has 0 radical (unpaired) electrons.